The molecule has 1 aromatic rings. The molecule has 1 rings (SSSR count). The fourth-order valence-corrected chi connectivity index (χ4v) is 1.30. The van der Waals surface area contributed by atoms with Gasteiger partial charge in [0.1, 0.15) is 5.75 Å². The van der Waals surface area contributed by atoms with Crippen LogP contribution in [0, 0.1) is 0 Å². The zero-order valence-electron chi connectivity index (χ0n) is 8.63. The van der Waals surface area contributed by atoms with Crippen LogP contribution in [-0.2, 0) is 6.42 Å². The highest BCUT2D eigenvalue weighted by Crippen LogP contribution is 2.14. The fraction of sp³-hybridized carbons (Fsp3) is 0.455. The minimum Gasteiger partial charge on any atom is -0.497 e. The van der Waals surface area contributed by atoms with Crippen LogP contribution in [0.15, 0.2) is 24.3 Å². The van der Waals surface area contributed by atoms with E-state index in [0.29, 0.717) is 0 Å². The first-order chi connectivity index (χ1) is 6.01. The number of quaternary nitrogens is 1. The fourth-order valence-electron chi connectivity index (χ4n) is 1.30. The SMILES string of the molecule is COc1ccc(CC(C)(C)[NH3+])cc1. The number of rotatable bonds is 3. The van der Waals surface area contributed by atoms with Gasteiger partial charge in [-0.3, -0.25) is 0 Å². The molecule has 0 spiro atoms. The Morgan fingerprint density at radius 3 is 2.15 bits per heavy atom. The van der Waals surface area contributed by atoms with Crippen molar-refractivity contribution in [2.75, 3.05) is 7.11 Å². The zero-order valence-corrected chi connectivity index (χ0v) is 8.63. The van der Waals surface area contributed by atoms with E-state index in [1.165, 1.54) is 5.56 Å². The molecular formula is C11H18NO+. The van der Waals surface area contributed by atoms with E-state index in [1.807, 2.05) is 12.1 Å². The minimum atomic E-state index is 0.106. The number of hydrogen-bond donors (Lipinski definition) is 1. The van der Waals surface area contributed by atoms with Crippen LogP contribution >= 0.6 is 0 Å². The lowest BCUT2D eigenvalue weighted by Crippen LogP contribution is -2.70. The lowest BCUT2D eigenvalue weighted by atomic mass is 9.96. The number of methoxy groups -OCH3 is 1. The Kier molecular flexibility index (Phi) is 2.94. The molecule has 0 aromatic heterocycles. The molecule has 0 saturated heterocycles. The van der Waals surface area contributed by atoms with Crippen LogP contribution in [0.4, 0.5) is 0 Å². The molecule has 1 aromatic carbocycles. The summed E-state index contributed by atoms with van der Waals surface area (Å²) in [6.07, 6.45) is 0.997. The van der Waals surface area contributed by atoms with Crippen LogP contribution < -0.4 is 10.5 Å². The molecular weight excluding hydrogens is 162 g/mol. The van der Waals surface area contributed by atoms with Gasteiger partial charge in [-0.1, -0.05) is 12.1 Å². The Labute approximate surface area is 79.7 Å². The zero-order chi connectivity index (χ0) is 9.90. The summed E-state index contributed by atoms with van der Waals surface area (Å²) in [6, 6.07) is 8.15. The van der Waals surface area contributed by atoms with Gasteiger partial charge in [0.2, 0.25) is 0 Å². The molecule has 0 aliphatic rings. The molecule has 0 amide bonds. The van der Waals surface area contributed by atoms with E-state index in [2.05, 4.69) is 31.7 Å². The van der Waals surface area contributed by atoms with Gasteiger partial charge in [0, 0.05) is 6.42 Å². The molecule has 0 saturated carbocycles. The maximum Gasteiger partial charge on any atom is 0.118 e. The molecule has 13 heavy (non-hydrogen) atoms. The van der Waals surface area contributed by atoms with E-state index < -0.39 is 0 Å². The van der Waals surface area contributed by atoms with E-state index >= 15 is 0 Å². The van der Waals surface area contributed by atoms with Gasteiger partial charge < -0.3 is 10.5 Å². The van der Waals surface area contributed by atoms with Crippen LogP contribution in [0.5, 0.6) is 5.75 Å². The minimum absolute atomic E-state index is 0.106. The predicted octanol–water partition coefficient (Wildman–Crippen LogP) is 1.26. The Morgan fingerprint density at radius 1 is 1.23 bits per heavy atom. The van der Waals surface area contributed by atoms with Crippen LogP contribution in [0.2, 0.25) is 0 Å². The van der Waals surface area contributed by atoms with Gasteiger partial charge in [-0.15, -0.1) is 0 Å². The van der Waals surface area contributed by atoms with Crippen molar-refractivity contribution in [2.45, 2.75) is 25.8 Å². The first-order valence-corrected chi connectivity index (χ1v) is 4.49. The monoisotopic (exact) mass is 180 g/mol. The molecule has 2 nitrogen and oxygen atoms in total. The van der Waals surface area contributed by atoms with Crippen molar-refractivity contribution in [1.82, 2.24) is 0 Å². The van der Waals surface area contributed by atoms with Crippen molar-refractivity contribution >= 4 is 0 Å². The van der Waals surface area contributed by atoms with Gasteiger partial charge in [0.15, 0.2) is 0 Å². The summed E-state index contributed by atoms with van der Waals surface area (Å²) in [5, 5.41) is 0. The lowest BCUT2D eigenvalue weighted by Gasteiger charge is -2.14. The van der Waals surface area contributed by atoms with E-state index in [1.54, 1.807) is 7.11 Å². The number of benzene rings is 1. The molecule has 0 aliphatic carbocycles. The molecule has 0 atom stereocenters. The summed E-state index contributed by atoms with van der Waals surface area (Å²) in [5.74, 6) is 0.908. The summed E-state index contributed by atoms with van der Waals surface area (Å²) in [7, 11) is 1.68. The van der Waals surface area contributed by atoms with Gasteiger partial charge in [-0.2, -0.15) is 0 Å². The third-order valence-electron chi connectivity index (χ3n) is 1.84. The average Bonchev–Trinajstić information content (AvgIpc) is 2.03. The van der Waals surface area contributed by atoms with Crippen molar-refractivity contribution in [1.29, 1.82) is 0 Å². The van der Waals surface area contributed by atoms with E-state index in [-0.39, 0.29) is 5.54 Å². The smallest absolute Gasteiger partial charge is 0.118 e. The van der Waals surface area contributed by atoms with Crippen molar-refractivity contribution in [3.63, 3.8) is 0 Å². The number of ether oxygens (including phenoxy) is 1. The van der Waals surface area contributed by atoms with Crippen molar-refractivity contribution in [2.24, 2.45) is 0 Å². The quantitative estimate of drug-likeness (QED) is 0.747. The second kappa shape index (κ2) is 3.79. The highest BCUT2D eigenvalue weighted by atomic mass is 16.5. The third-order valence-corrected chi connectivity index (χ3v) is 1.84. The Balaban J connectivity index is 2.70. The molecule has 0 bridgehead atoms. The second-order valence-electron chi connectivity index (χ2n) is 4.19. The van der Waals surface area contributed by atoms with Crippen LogP contribution in [0.3, 0.4) is 0 Å². The summed E-state index contributed by atoms with van der Waals surface area (Å²) in [5.41, 5.74) is 5.49. The Hall–Kier alpha value is -1.02. The van der Waals surface area contributed by atoms with Crippen LogP contribution in [0.25, 0.3) is 0 Å². The van der Waals surface area contributed by atoms with Crippen molar-refractivity contribution in [3.05, 3.63) is 29.8 Å². The lowest BCUT2D eigenvalue weighted by molar-refractivity contribution is -0.465. The molecule has 0 radical (unpaired) electrons. The third kappa shape index (κ3) is 3.47. The van der Waals surface area contributed by atoms with Gasteiger partial charge in [0.25, 0.3) is 0 Å². The topological polar surface area (TPSA) is 36.9 Å². The second-order valence-corrected chi connectivity index (χ2v) is 4.19. The summed E-state index contributed by atoms with van der Waals surface area (Å²) < 4.78 is 5.08. The van der Waals surface area contributed by atoms with Crippen LogP contribution in [0.1, 0.15) is 19.4 Å². The van der Waals surface area contributed by atoms with Crippen molar-refractivity contribution < 1.29 is 10.5 Å². The molecule has 0 unspecified atom stereocenters. The highest BCUT2D eigenvalue weighted by molar-refractivity contribution is 5.27. The molecule has 0 fully saturated rings. The summed E-state index contributed by atoms with van der Waals surface area (Å²) >= 11 is 0. The standard InChI is InChI=1S/C11H17NO/c1-11(2,12)8-9-4-6-10(13-3)7-5-9/h4-7H,8,12H2,1-3H3/p+1. The van der Waals surface area contributed by atoms with E-state index in [9.17, 15) is 0 Å². The van der Waals surface area contributed by atoms with Gasteiger partial charge in [-0.05, 0) is 31.5 Å². The van der Waals surface area contributed by atoms with E-state index in [0.717, 1.165) is 12.2 Å². The first-order valence-electron chi connectivity index (χ1n) is 4.49. The molecule has 3 N–H and O–H groups in total. The average molecular weight is 180 g/mol. The van der Waals surface area contributed by atoms with Crippen LogP contribution in [-0.4, -0.2) is 12.6 Å². The van der Waals surface area contributed by atoms with E-state index in [4.69, 9.17) is 4.74 Å². The molecule has 0 heterocycles. The number of hydrogen-bond acceptors (Lipinski definition) is 1. The first kappa shape index (κ1) is 10.1. The molecule has 72 valence electrons. The maximum atomic E-state index is 5.08. The van der Waals surface area contributed by atoms with Gasteiger partial charge in [0.05, 0.1) is 12.6 Å². The summed E-state index contributed by atoms with van der Waals surface area (Å²) in [4.78, 5) is 0. The van der Waals surface area contributed by atoms with Gasteiger partial charge in [-0.25, -0.2) is 0 Å². The Morgan fingerprint density at radius 2 is 1.77 bits per heavy atom. The maximum absolute atomic E-state index is 5.08. The van der Waals surface area contributed by atoms with Crippen molar-refractivity contribution in [3.8, 4) is 5.75 Å². The highest BCUT2D eigenvalue weighted by Gasteiger charge is 2.15. The largest absolute Gasteiger partial charge is 0.497 e. The molecule has 2 heteroatoms. The molecule has 0 aliphatic heterocycles. The Bertz CT molecular complexity index is 258. The predicted molar refractivity (Wildman–Crippen MR) is 53.7 cm³/mol. The normalized spacial score (nSPS) is 11.4. The van der Waals surface area contributed by atoms with Gasteiger partial charge >= 0.3 is 0 Å². The summed E-state index contributed by atoms with van der Waals surface area (Å²) in [6.45, 7) is 4.27.